The summed E-state index contributed by atoms with van der Waals surface area (Å²) in [6.45, 7) is 7.77. The van der Waals surface area contributed by atoms with Crippen LogP contribution < -0.4 is 54.8 Å². The van der Waals surface area contributed by atoms with Crippen LogP contribution in [0.25, 0.3) is 0 Å². The molecule has 0 radical (unpaired) electrons. The number of nitrogens with zero attached hydrogens (tertiary/aromatic N) is 1. The summed E-state index contributed by atoms with van der Waals surface area (Å²) in [5, 5.41) is 34.0. The van der Waals surface area contributed by atoms with E-state index in [1.807, 2.05) is 0 Å². The second kappa shape index (κ2) is 26.2. The summed E-state index contributed by atoms with van der Waals surface area (Å²) < 4.78 is 0. The van der Waals surface area contributed by atoms with Gasteiger partial charge >= 0.3 is 5.97 Å². The van der Waals surface area contributed by atoms with Gasteiger partial charge in [0.25, 0.3) is 0 Å². The van der Waals surface area contributed by atoms with Crippen molar-refractivity contribution in [3.8, 4) is 0 Å². The number of aliphatic imine (C=N–C) groups is 1. The highest BCUT2D eigenvalue weighted by Gasteiger charge is 2.34. The van der Waals surface area contributed by atoms with E-state index in [9.17, 15) is 43.5 Å². The smallest absolute Gasteiger partial charge is 0.322 e. The molecule has 0 aliphatic heterocycles. The van der Waals surface area contributed by atoms with Gasteiger partial charge in [-0.2, -0.15) is 11.8 Å². The molecule has 0 aliphatic rings. The van der Waals surface area contributed by atoms with Crippen LogP contribution in [0, 0.1) is 11.8 Å². The summed E-state index contributed by atoms with van der Waals surface area (Å²) in [6, 6.07) is -7.73. The summed E-state index contributed by atoms with van der Waals surface area (Å²) in [4.78, 5) is 106. The van der Waals surface area contributed by atoms with E-state index in [2.05, 4.69) is 36.9 Å². The van der Waals surface area contributed by atoms with Gasteiger partial charge in [-0.15, -0.1) is 0 Å². The van der Waals surface area contributed by atoms with Gasteiger partial charge in [-0.3, -0.25) is 43.3 Å². The normalized spacial score (nSPS) is 14.9. The number of hydrogen-bond donors (Lipinski definition) is 12. The highest BCUT2D eigenvalue weighted by atomic mass is 32.2. The quantitative estimate of drug-likeness (QED) is 0.0215. The number of carboxylic acid groups (broad SMARTS) is 1. The summed E-state index contributed by atoms with van der Waals surface area (Å²) in [5.74, 6) is -7.07. The predicted molar refractivity (Wildman–Crippen MR) is 206 cm³/mol. The lowest BCUT2D eigenvalue weighted by Crippen LogP contribution is -2.60. The molecule has 0 aromatic rings. The zero-order valence-corrected chi connectivity index (χ0v) is 33.2. The zero-order valence-electron chi connectivity index (χ0n) is 32.4. The number of hydrogen-bond acceptors (Lipinski definition) is 12. The van der Waals surface area contributed by atoms with Crippen molar-refractivity contribution in [2.45, 2.75) is 115 Å². The second-order valence-electron chi connectivity index (χ2n) is 13.8. The predicted octanol–water partition coefficient (Wildman–Crippen LogP) is -3.91. The molecule has 0 rings (SSSR count). The highest BCUT2D eigenvalue weighted by Crippen LogP contribution is 2.11. The Bertz CT molecular complexity index is 1340. The van der Waals surface area contributed by atoms with Gasteiger partial charge in [-0.1, -0.05) is 27.7 Å². The maximum Gasteiger partial charge on any atom is 0.322 e. The highest BCUT2D eigenvalue weighted by molar-refractivity contribution is 7.98. The van der Waals surface area contributed by atoms with E-state index in [4.69, 9.17) is 28.0 Å². The maximum atomic E-state index is 13.8. The van der Waals surface area contributed by atoms with Crippen LogP contribution in [0.3, 0.4) is 0 Å². The van der Waals surface area contributed by atoms with Crippen molar-refractivity contribution in [1.29, 1.82) is 0 Å². The van der Waals surface area contributed by atoms with Crippen LogP contribution in [0.2, 0.25) is 0 Å². The molecule has 0 unspecified atom stereocenters. The third kappa shape index (κ3) is 21.7. The zero-order chi connectivity index (χ0) is 42.4. The lowest BCUT2D eigenvalue weighted by atomic mass is 10.0. The molecule has 0 heterocycles. The fraction of sp³-hybridized carbons (Fsp3) is 0.727. The fourth-order valence-electron chi connectivity index (χ4n) is 5.02. The molecular formula is C33H61N11O10S. The first-order chi connectivity index (χ1) is 25.6. The fourth-order valence-corrected chi connectivity index (χ4v) is 5.49. The SMILES string of the molecule is CSCC[C@H](NC(=O)[C@H](CC(C)C)NC(=O)[C@H](CCCN=C(N)N)NC(=O)[C@@H](N)CC(N)=O)C(=O)N[C@@H](CC(C)C)C(=O)N[C@H](C(=O)NCC(=O)O)[C@@H](C)O. The molecule has 21 nitrogen and oxygen atoms in total. The van der Waals surface area contributed by atoms with E-state index in [0.717, 1.165) is 0 Å². The van der Waals surface area contributed by atoms with Gasteiger partial charge in [0.15, 0.2) is 5.96 Å². The van der Waals surface area contributed by atoms with Crippen molar-refractivity contribution in [1.82, 2.24) is 31.9 Å². The average Bonchev–Trinajstić information content (AvgIpc) is 3.07. The van der Waals surface area contributed by atoms with Crippen molar-refractivity contribution < 1.29 is 48.6 Å². The molecule has 22 heteroatoms. The molecule has 0 bridgehead atoms. The number of rotatable bonds is 27. The van der Waals surface area contributed by atoms with Crippen molar-refractivity contribution in [2.75, 3.05) is 25.1 Å². The first kappa shape index (κ1) is 50.3. The van der Waals surface area contributed by atoms with Crippen molar-refractivity contribution in [3.63, 3.8) is 0 Å². The van der Waals surface area contributed by atoms with E-state index < -0.39 is 103 Å². The number of aliphatic hydroxyl groups excluding tert-OH is 1. The minimum Gasteiger partial charge on any atom is -0.480 e. The lowest BCUT2D eigenvalue weighted by Gasteiger charge is -2.28. The van der Waals surface area contributed by atoms with Crippen LogP contribution in [0.1, 0.15) is 73.1 Å². The van der Waals surface area contributed by atoms with Crippen LogP contribution in [0.4, 0.5) is 0 Å². The van der Waals surface area contributed by atoms with E-state index in [-0.39, 0.29) is 56.4 Å². The van der Waals surface area contributed by atoms with Crippen LogP contribution in [-0.4, -0.2) is 131 Å². The van der Waals surface area contributed by atoms with Crippen LogP contribution in [0.5, 0.6) is 0 Å². The minimum atomic E-state index is -1.54. The summed E-state index contributed by atoms with van der Waals surface area (Å²) in [6.07, 6.45) is 0.464. The number of aliphatic hydroxyl groups is 1. The monoisotopic (exact) mass is 803 g/mol. The molecular weight excluding hydrogens is 742 g/mol. The van der Waals surface area contributed by atoms with Gasteiger partial charge in [0, 0.05) is 6.54 Å². The summed E-state index contributed by atoms with van der Waals surface area (Å²) >= 11 is 1.39. The Morgan fingerprint density at radius 1 is 0.673 bits per heavy atom. The average molecular weight is 804 g/mol. The van der Waals surface area contributed by atoms with Gasteiger partial charge in [0.1, 0.15) is 36.8 Å². The molecule has 0 aliphatic carbocycles. The Labute approximate surface area is 325 Å². The Hall–Kier alpha value is -4.70. The number of carbonyl (C=O) groups excluding carboxylic acids is 7. The molecule has 16 N–H and O–H groups in total. The number of guanidine groups is 1. The molecule has 0 saturated carbocycles. The van der Waals surface area contributed by atoms with Gasteiger partial charge in [-0.05, 0) is 62.9 Å². The molecule has 314 valence electrons. The van der Waals surface area contributed by atoms with E-state index in [0.29, 0.717) is 5.75 Å². The molecule has 0 fully saturated rings. The summed E-state index contributed by atoms with van der Waals surface area (Å²) in [7, 11) is 0. The second-order valence-corrected chi connectivity index (χ2v) is 14.8. The molecule has 7 amide bonds. The molecule has 55 heavy (non-hydrogen) atoms. The minimum absolute atomic E-state index is 0.0167. The number of aliphatic carboxylic acids is 1. The van der Waals surface area contributed by atoms with Gasteiger partial charge in [0.2, 0.25) is 41.4 Å². The van der Waals surface area contributed by atoms with Crippen molar-refractivity contribution in [3.05, 3.63) is 0 Å². The van der Waals surface area contributed by atoms with Gasteiger partial charge in [0.05, 0.1) is 18.6 Å². The third-order valence-electron chi connectivity index (χ3n) is 7.74. The molecule has 7 atom stereocenters. The van der Waals surface area contributed by atoms with Gasteiger partial charge in [-0.25, -0.2) is 0 Å². The first-order valence-corrected chi connectivity index (χ1v) is 19.3. The van der Waals surface area contributed by atoms with Crippen LogP contribution >= 0.6 is 11.8 Å². The number of carbonyl (C=O) groups is 8. The molecule has 0 aromatic carbocycles. The van der Waals surface area contributed by atoms with E-state index in [1.165, 1.54) is 18.7 Å². The van der Waals surface area contributed by atoms with Crippen molar-refractivity contribution >= 4 is 65.0 Å². The number of amides is 7. The topological polar surface area (TPSA) is 366 Å². The Balaban J connectivity index is 6.27. The van der Waals surface area contributed by atoms with E-state index >= 15 is 0 Å². The first-order valence-electron chi connectivity index (χ1n) is 17.9. The van der Waals surface area contributed by atoms with E-state index in [1.54, 1.807) is 34.0 Å². The maximum absolute atomic E-state index is 13.8. The number of nitrogens with one attached hydrogen (secondary N) is 6. The standard InChI is InChI=1S/C33H61N11O10S/c1-16(2)12-22(42-28(50)20(8-7-10-38-33(36)37)40-27(49)19(34)14-24(35)46)30(52)41-21(9-11-55-6)29(51)43-23(13-17(3)4)31(53)44-26(18(5)45)32(54)39-15-25(47)48/h16-23,26,45H,7-15,34H2,1-6H3,(H2,35,46)(H,39,54)(H,40,49)(H,41,52)(H,42,50)(H,43,51)(H,44,53)(H,47,48)(H4,36,37,38)/t18-,19+,20+,21+,22+,23+,26+/m1/s1. The van der Waals surface area contributed by atoms with Crippen LogP contribution in [-0.2, 0) is 38.4 Å². The Morgan fingerprint density at radius 2 is 1.13 bits per heavy atom. The molecule has 0 aromatic heterocycles. The number of nitrogens with two attached hydrogens (primary N) is 4. The largest absolute Gasteiger partial charge is 0.480 e. The van der Waals surface area contributed by atoms with Crippen LogP contribution in [0.15, 0.2) is 4.99 Å². The van der Waals surface area contributed by atoms with Gasteiger partial charge < -0.3 is 65.0 Å². The molecule has 0 spiro atoms. The Morgan fingerprint density at radius 3 is 1.56 bits per heavy atom. The lowest BCUT2D eigenvalue weighted by molar-refractivity contribution is -0.139. The Kier molecular flexibility index (Phi) is 23.9. The number of primary amides is 1. The third-order valence-corrected chi connectivity index (χ3v) is 8.38. The number of thioether (sulfide) groups is 1. The van der Waals surface area contributed by atoms with Crippen molar-refractivity contribution in [2.24, 2.45) is 39.8 Å². The number of carboxylic acids is 1. The summed E-state index contributed by atoms with van der Waals surface area (Å²) in [5.41, 5.74) is 21.7. The molecule has 0 saturated heterocycles.